The van der Waals surface area contributed by atoms with Crippen molar-refractivity contribution in [2.45, 2.75) is 31.4 Å². The minimum absolute atomic E-state index is 0.298. The Bertz CT molecular complexity index is 1030. The van der Waals surface area contributed by atoms with E-state index in [4.69, 9.17) is 9.47 Å². The fourth-order valence-corrected chi connectivity index (χ4v) is 4.12. The van der Waals surface area contributed by atoms with Crippen molar-refractivity contribution in [3.05, 3.63) is 101 Å². The van der Waals surface area contributed by atoms with E-state index in [0.29, 0.717) is 45.0 Å². The van der Waals surface area contributed by atoms with Crippen molar-refractivity contribution in [1.82, 2.24) is 5.32 Å². The number of benzene rings is 3. The lowest BCUT2D eigenvalue weighted by Gasteiger charge is -2.38. The van der Waals surface area contributed by atoms with E-state index in [2.05, 4.69) is 22.8 Å². The number of carbonyl (C=O) groups excluding carboxylic acids is 1. The van der Waals surface area contributed by atoms with E-state index in [1.165, 1.54) is 17.7 Å². The summed E-state index contributed by atoms with van der Waals surface area (Å²) in [6.07, 6.45) is 2.11. The molecule has 1 fully saturated rings. The van der Waals surface area contributed by atoms with E-state index >= 15 is 0 Å². The Labute approximate surface area is 193 Å². The number of halogens is 1. The molecule has 3 aromatic rings. The second kappa shape index (κ2) is 11.1. The van der Waals surface area contributed by atoms with Crippen molar-refractivity contribution in [2.75, 3.05) is 25.1 Å². The Kier molecular flexibility index (Phi) is 7.70. The number of rotatable bonds is 8. The van der Waals surface area contributed by atoms with Gasteiger partial charge in [0.2, 0.25) is 0 Å². The zero-order valence-electron chi connectivity index (χ0n) is 18.6. The van der Waals surface area contributed by atoms with Crippen LogP contribution in [0.15, 0.2) is 78.9 Å². The van der Waals surface area contributed by atoms with Crippen LogP contribution in [-0.4, -0.2) is 25.9 Å². The summed E-state index contributed by atoms with van der Waals surface area (Å²) >= 11 is 0. The second-order valence-corrected chi connectivity index (χ2v) is 8.27. The van der Waals surface area contributed by atoms with Crippen LogP contribution in [0.2, 0.25) is 0 Å². The molecule has 1 aliphatic heterocycles. The first-order valence-electron chi connectivity index (χ1n) is 11.3. The van der Waals surface area contributed by atoms with Crippen molar-refractivity contribution in [1.29, 1.82) is 0 Å². The molecule has 0 saturated carbocycles. The average Bonchev–Trinajstić information content (AvgIpc) is 2.84. The molecule has 1 saturated heterocycles. The fourth-order valence-electron chi connectivity index (χ4n) is 4.12. The van der Waals surface area contributed by atoms with Crippen LogP contribution < -0.4 is 10.6 Å². The van der Waals surface area contributed by atoms with E-state index in [1.807, 2.05) is 42.5 Å². The molecule has 0 atom stereocenters. The van der Waals surface area contributed by atoms with Crippen LogP contribution >= 0.6 is 0 Å². The minimum Gasteiger partial charge on any atom is -0.381 e. The fraction of sp³-hybridized carbons (Fsp3) is 0.296. The Morgan fingerprint density at radius 1 is 0.939 bits per heavy atom. The van der Waals surface area contributed by atoms with Gasteiger partial charge in [0.15, 0.2) is 0 Å². The largest absolute Gasteiger partial charge is 0.381 e. The predicted molar refractivity (Wildman–Crippen MR) is 127 cm³/mol. The first kappa shape index (κ1) is 23.0. The zero-order valence-corrected chi connectivity index (χ0v) is 18.6. The van der Waals surface area contributed by atoms with Gasteiger partial charge in [-0.3, -0.25) is 0 Å². The van der Waals surface area contributed by atoms with Gasteiger partial charge in [0, 0.05) is 18.9 Å². The first-order valence-corrected chi connectivity index (χ1v) is 11.3. The summed E-state index contributed by atoms with van der Waals surface area (Å²) in [5, 5.41) is 6.05. The van der Waals surface area contributed by atoms with Crippen molar-refractivity contribution in [2.24, 2.45) is 0 Å². The van der Waals surface area contributed by atoms with Gasteiger partial charge in [0.1, 0.15) is 5.82 Å². The Hall–Kier alpha value is -3.22. The summed E-state index contributed by atoms with van der Waals surface area (Å²) < 4.78 is 24.7. The zero-order chi connectivity index (χ0) is 22.9. The first-order chi connectivity index (χ1) is 16.1. The van der Waals surface area contributed by atoms with Gasteiger partial charge >= 0.3 is 6.03 Å². The van der Waals surface area contributed by atoms with E-state index in [-0.39, 0.29) is 11.8 Å². The number of amides is 2. The van der Waals surface area contributed by atoms with E-state index in [0.717, 1.165) is 17.5 Å². The molecule has 0 radical (unpaired) electrons. The van der Waals surface area contributed by atoms with Crippen LogP contribution in [-0.2, 0) is 28.0 Å². The quantitative estimate of drug-likeness (QED) is 0.453. The van der Waals surface area contributed by atoms with E-state index in [9.17, 15) is 9.18 Å². The number of nitrogens with one attached hydrogen (secondary N) is 2. The number of hydrogen-bond acceptors (Lipinski definition) is 3. The summed E-state index contributed by atoms with van der Waals surface area (Å²) in [4.78, 5) is 12.9. The molecule has 6 heteroatoms. The van der Waals surface area contributed by atoms with Gasteiger partial charge in [-0.15, -0.1) is 0 Å². The SMILES string of the molecule is O=C(Nc1cccc(COCCc2ccccc2)c1)NC1(c2ccc(F)cc2)CCOCC1. The van der Waals surface area contributed by atoms with Crippen LogP contribution in [0.3, 0.4) is 0 Å². The number of urea groups is 1. The maximum Gasteiger partial charge on any atom is 0.319 e. The lowest BCUT2D eigenvalue weighted by atomic mass is 9.83. The minimum atomic E-state index is -0.589. The summed E-state index contributed by atoms with van der Waals surface area (Å²) in [7, 11) is 0. The average molecular weight is 449 g/mol. The van der Waals surface area contributed by atoms with Gasteiger partial charge in [0.05, 0.1) is 18.8 Å². The molecule has 5 nitrogen and oxygen atoms in total. The highest BCUT2D eigenvalue weighted by molar-refractivity contribution is 5.90. The van der Waals surface area contributed by atoms with Crippen molar-refractivity contribution in [3.63, 3.8) is 0 Å². The van der Waals surface area contributed by atoms with Crippen molar-refractivity contribution < 1.29 is 18.7 Å². The van der Waals surface area contributed by atoms with E-state index in [1.54, 1.807) is 12.1 Å². The summed E-state index contributed by atoms with van der Waals surface area (Å²) in [6.45, 7) is 2.17. The van der Waals surface area contributed by atoms with Gasteiger partial charge in [-0.05, 0) is 60.2 Å². The number of hydrogen-bond donors (Lipinski definition) is 2. The highest BCUT2D eigenvalue weighted by Gasteiger charge is 2.36. The van der Waals surface area contributed by atoms with Crippen molar-refractivity contribution >= 4 is 11.7 Å². The summed E-state index contributed by atoms with van der Waals surface area (Å²) in [5.41, 5.74) is 3.21. The summed E-state index contributed by atoms with van der Waals surface area (Å²) in [6, 6.07) is 23.9. The van der Waals surface area contributed by atoms with Gasteiger partial charge < -0.3 is 20.1 Å². The molecule has 1 aliphatic rings. The van der Waals surface area contributed by atoms with Gasteiger partial charge in [-0.2, -0.15) is 0 Å². The van der Waals surface area contributed by atoms with Gasteiger partial charge in [-0.25, -0.2) is 9.18 Å². The lowest BCUT2D eigenvalue weighted by Crippen LogP contribution is -2.50. The molecule has 33 heavy (non-hydrogen) atoms. The topological polar surface area (TPSA) is 59.6 Å². The molecular formula is C27H29FN2O3. The number of anilines is 1. The molecule has 0 unspecified atom stereocenters. The number of ether oxygens (including phenoxy) is 2. The van der Waals surface area contributed by atoms with Crippen LogP contribution in [0.5, 0.6) is 0 Å². The molecule has 4 rings (SSSR count). The molecule has 3 aromatic carbocycles. The van der Waals surface area contributed by atoms with Gasteiger partial charge in [0.25, 0.3) is 0 Å². The third-order valence-electron chi connectivity index (χ3n) is 5.93. The molecule has 0 spiro atoms. The molecule has 0 aromatic heterocycles. The Morgan fingerprint density at radius 2 is 1.67 bits per heavy atom. The predicted octanol–water partition coefficient (Wildman–Crippen LogP) is 5.41. The second-order valence-electron chi connectivity index (χ2n) is 8.27. The maximum atomic E-state index is 13.4. The standard InChI is InChI=1S/C27H29FN2O3/c28-24-11-9-23(10-12-24)27(14-17-32-18-15-27)30-26(31)29-25-8-4-7-22(19-25)20-33-16-13-21-5-2-1-3-6-21/h1-12,19H,13-18,20H2,(H2,29,30,31). The molecule has 172 valence electrons. The monoisotopic (exact) mass is 448 g/mol. The molecule has 2 N–H and O–H groups in total. The molecule has 2 amide bonds. The van der Waals surface area contributed by atoms with Crippen LogP contribution in [0.25, 0.3) is 0 Å². The van der Waals surface area contributed by atoms with Crippen LogP contribution in [0.4, 0.5) is 14.9 Å². The molecule has 0 bridgehead atoms. The van der Waals surface area contributed by atoms with Crippen LogP contribution in [0, 0.1) is 5.82 Å². The highest BCUT2D eigenvalue weighted by atomic mass is 19.1. The Balaban J connectivity index is 1.34. The molecular weight excluding hydrogens is 419 g/mol. The normalized spacial score (nSPS) is 15.1. The molecule has 1 heterocycles. The summed E-state index contributed by atoms with van der Waals surface area (Å²) in [5.74, 6) is -0.298. The third-order valence-corrected chi connectivity index (χ3v) is 5.93. The van der Waals surface area contributed by atoms with E-state index < -0.39 is 5.54 Å². The van der Waals surface area contributed by atoms with Gasteiger partial charge in [-0.1, -0.05) is 54.6 Å². The maximum absolute atomic E-state index is 13.4. The highest BCUT2D eigenvalue weighted by Crippen LogP contribution is 2.32. The van der Waals surface area contributed by atoms with Crippen LogP contribution in [0.1, 0.15) is 29.5 Å². The third kappa shape index (κ3) is 6.40. The lowest BCUT2D eigenvalue weighted by molar-refractivity contribution is 0.0417. The molecule has 0 aliphatic carbocycles. The Morgan fingerprint density at radius 3 is 2.42 bits per heavy atom. The smallest absolute Gasteiger partial charge is 0.319 e. The number of carbonyl (C=O) groups is 1. The van der Waals surface area contributed by atoms with Crippen molar-refractivity contribution in [3.8, 4) is 0 Å².